The maximum Gasteiger partial charge on any atom is 0.183 e. The van der Waals surface area contributed by atoms with Crippen LogP contribution in [0.1, 0.15) is 28.2 Å². The Labute approximate surface area is 103 Å². The van der Waals surface area contributed by atoms with Crippen molar-refractivity contribution in [3.8, 4) is 0 Å². The maximum atomic E-state index is 12.1. The molecule has 0 saturated heterocycles. The fourth-order valence-corrected chi connectivity index (χ4v) is 2.61. The number of thiophene rings is 1. The number of carbonyl (C=O) groups is 1. The second-order valence-electron chi connectivity index (χ2n) is 3.44. The van der Waals surface area contributed by atoms with Crippen LogP contribution >= 0.6 is 22.9 Å². The molecule has 2 aromatic rings. The van der Waals surface area contributed by atoms with Crippen molar-refractivity contribution in [3.63, 3.8) is 0 Å². The van der Waals surface area contributed by atoms with Crippen molar-refractivity contribution < 1.29 is 4.79 Å². The van der Waals surface area contributed by atoms with Gasteiger partial charge in [0.15, 0.2) is 5.78 Å². The van der Waals surface area contributed by atoms with Crippen molar-refractivity contribution in [3.05, 3.63) is 51.4 Å². The van der Waals surface area contributed by atoms with Crippen LogP contribution in [0.3, 0.4) is 0 Å². The van der Waals surface area contributed by atoms with E-state index in [0.717, 1.165) is 5.69 Å². The highest BCUT2D eigenvalue weighted by molar-refractivity contribution is 7.12. The van der Waals surface area contributed by atoms with E-state index >= 15 is 0 Å². The molecule has 2 aromatic heterocycles. The van der Waals surface area contributed by atoms with Crippen molar-refractivity contribution in [1.82, 2.24) is 4.98 Å². The van der Waals surface area contributed by atoms with Crippen LogP contribution in [0.2, 0.25) is 5.02 Å². The molecule has 2 nitrogen and oxygen atoms in total. The summed E-state index contributed by atoms with van der Waals surface area (Å²) >= 11 is 7.31. The van der Waals surface area contributed by atoms with E-state index in [1.54, 1.807) is 12.3 Å². The summed E-state index contributed by atoms with van der Waals surface area (Å²) in [6.45, 7) is 1.85. The SMILES string of the molecule is CC(C(=O)c1sccc1Cl)c1ccccn1. The molecule has 2 heterocycles. The number of carbonyl (C=O) groups excluding carboxylic acids is 1. The van der Waals surface area contributed by atoms with Crippen LogP contribution in [0.25, 0.3) is 0 Å². The summed E-state index contributed by atoms with van der Waals surface area (Å²) in [5, 5.41) is 2.35. The summed E-state index contributed by atoms with van der Waals surface area (Å²) < 4.78 is 0. The minimum Gasteiger partial charge on any atom is -0.292 e. The highest BCUT2D eigenvalue weighted by atomic mass is 35.5. The Morgan fingerprint density at radius 3 is 2.81 bits per heavy atom. The number of rotatable bonds is 3. The molecule has 2 rings (SSSR count). The standard InChI is InChI=1S/C12H10ClNOS/c1-8(10-4-2-3-6-14-10)11(15)12-9(13)5-7-16-12/h2-8H,1H3. The van der Waals surface area contributed by atoms with Gasteiger partial charge in [0.05, 0.1) is 21.5 Å². The number of aromatic nitrogens is 1. The third kappa shape index (κ3) is 2.15. The quantitative estimate of drug-likeness (QED) is 0.777. The Morgan fingerprint density at radius 2 is 2.25 bits per heavy atom. The maximum absolute atomic E-state index is 12.1. The lowest BCUT2D eigenvalue weighted by atomic mass is 10.0. The third-order valence-electron chi connectivity index (χ3n) is 2.37. The molecule has 0 saturated carbocycles. The van der Waals surface area contributed by atoms with E-state index < -0.39 is 0 Å². The fraction of sp³-hybridized carbons (Fsp3) is 0.167. The molecule has 16 heavy (non-hydrogen) atoms. The van der Waals surface area contributed by atoms with Crippen LogP contribution in [0.5, 0.6) is 0 Å². The van der Waals surface area contributed by atoms with Crippen molar-refractivity contribution in [2.45, 2.75) is 12.8 Å². The molecule has 0 N–H and O–H groups in total. The Bertz CT molecular complexity index is 495. The van der Waals surface area contributed by atoms with Crippen LogP contribution in [0.15, 0.2) is 35.8 Å². The van der Waals surface area contributed by atoms with Gasteiger partial charge in [0.2, 0.25) is 0 Å². The molecule has 1 atom stereocenters. The molecule has 0 aliphatic rings. The summed E-state index contributed by atoms with van der Waals surface area (Å²) in [4.78, 5) is 16.9. The molecule has 0 aliphatic carbocycles. The number of hydrogen-bond donors (Lipinski definition) is 0. The monoisotopic (exact) mass is 251 g/mol. The second kappa shape index (κ2) is 4.76. The summed E-state index contributed by atoms with van der Waals surface area (Å²) in [6.07, 6.45) is 1.69. The first-order valence-electron chi connectivity index (χ1n) is 4.88. The number of Topliss-reactive ketones (excluding diaryl/α,β-unsaturated/α-hetero) is 1. The topological polar surface area (TPSA) is 30.0 Å². The molecule has 0 radical (unpaired) electrons. The van der Waals surface area contributed by atoms with Crippen molar-refractivity contribution in [2.75, 3.05) is 0 Å². The third-order valence-corrected chi connectivity index (χ3v) is 3.72. The molecule has 0 fully saturated rings. The molecule has 0 bridgehead atoms. The minimum absolute atomic E-state index is 0.0266. The lowest BCUT2D eigenvalue weighted by Crippen LogP contribution is -2.09. The number of nitrogens with zero attached hydrogens (tertiary/aromatic N) is 1. The predicted octanol–water partition coefficient (Wildman–Crippen LogP) is 3.78. The van der Waals surface area contributed by atoms with Gasteiger partial charge in [-0.15, -0.1) is 11.3 Å². The minimum atomic E-state index is -0.252. The molecule has 0 amide bonds. The smallest absolute Gasteiger partial charge is 0.183 e. The molecule has 0 spiro atoms. The van der Waals surface area contributed by atoms with Gasteiger partial charge < -0.3 is 0 Å². The number of halogens is 1. The van der Waals surface area contributed by atoms with Gasteiger partial charge in [-0.3, -0.25) is 9.78 Å². The summed E-state index contributed by atoms with van der Waals surface area (Å²) in [6, 6.07) is 7.30. The zero-order valence-electron chi connectivity index (χ0n) is 8.68. The molecule has 82 valence electrons. The van der Waals surface area contributed by atoms with Crippen LogP contribution in [-0.2, 0) is 0 Å². The van der Waals surface area contributed by atoms with E-state index in [-0.39, 0.29) is 11.7 Å². The van der Waals surface area contributed by atoms with E-state index in [0.29, 0.717) is 9.90 Å². The molecule has 0 aliphatic heterocycles. The summed E-state index contributed by atoms with van der Waals surface area (Å²) in [5.41, 5.74) is 0.775. The van der Waals surface area contributed by atoms with Crippen molar-refractivity contribution >= 4 is 28.7 Å². The predicted molar refractivity (Wildman–Crippen MR) is 66.3 cm³/mol. The number of ketones is 1. The van der Waals surface area contributed by atoms with E-state index in [1.807, 2.05) is 30.5 Å². The van der Waals surface area contributed by atoms with Gasteiger partial charge >= 0.3 is 0 Å². The largest absolute Gasteiger partial charge is 0.292 e. The average Bonchev–Trinajstić information content (AvgIpc) is 2.75. The van der Waals surface area contributed by atoms with Gasteiger partial charge in [-0.2, -0.15) is 0 Å². The zero-order valence-corrected chi connectivity index (χ0v) is 10.3. The number of hydrogen-bond acceptors (Lipinski definition) is 3. The van der Waals surface area contributed by atoms with Gasteiger partial charge in [0, 0.05) is 6.20 Å². The first kappa shape index (κ1) is 11.3. The van der Waals surface area contributed by atoms with E-state index in [2.05, 4.69) is 4.98 Å². The van der Waals surface area contributed by atoms with Crippen molar-refractivity contribution in [1.29, 1.82) is 0 Å². The molecule has 4 heteroatoms. The second-order valence-corrected chi connectivity index (χ2v) is 4.76. The van der Waals surface area contributed by atoms with Crippen molar-refractivity contribution in [2.24, 2.45) is 0 Å². The fourth-order valence-electron chi connectivity index (χ4n) is 1.43. The lowest BCUT2D eigenvalue weighted by Gasteiger charge is -2.08. The van der Waals surface area contributed by atoms with Gasteiger partial charge in [-0.1, -0.05) is 17.7 Å². The highest BCUT2D eigenvalue weighted by Crippen LogP contribution is 2.28. The van der Waals surface area contributed by atoms with Gasteiger partial charge in [0.1, 0.15) is 0 Å². The summed E-state index contributed by atoms with van der Waals surface area (Å²) in [5.74, 6) is -0.226. The van der Waals surface area contributed by atoms with Crippen LogP contribution in [0, 0.1) is 0 Å². The summed E-state index contributed by atoms with van der Waals surface area (Å²) in [7, 11) is 0. The van der Waals surface area contributed by atoms with Crippen LogP contribution in [-0.4, -0.2) is 10.8 Å². The van der Waals surface area contributed by atoms with E-state index in [1.165, 1.54) is 11.3 Å². The normalized spacial score (nSPS) is 12.4. The van der Waals surface area contributed by atoms with Gasteiger partial charge in [-0.25, -0.2) is 0 Å². The molecular formula is C12H10ClNOS. The molecular weight excluding hydrogens is 242 g/mol. The van der Waals surface area contributed by atoms with Crippen LogP contribution < -0.4 is 0 Å². The first-order valence-corrected chi connectivity index (χ1v) is 6.14. The van der Waals surface area contributed by atoms with E-state index in [4.69, 9.17) is 11.6 Å². The van der Waals surface area contributed by atoms with Gasteiger partial charge in [-0.05, 0) is 30.5 Å². The van der Waals surface area contributed by atoms with E-state index in [9.17, 15) is 4.79 Å². The number of pyridine rings is 1. The molecule has 0 aromatic carbocycles. The average molecular weight is 252 g/mol. The molecule has 1 unspecified atom stereocenters. The highest BCUT2D eigenvalue weighted by Gasteiger charge is 2.21. The Hall–Kier alpha value is -1.19. The lowest BCUT2D eigenvalue weighted by molar-refractivity contribution is 0.0968. The Balaban J connectivity index is 2.27. The Kier molecular flexibility index (Phi) is 3.36. The Morgan fingerprint density at radius 1 is 1.44 bits per heavy atom. The van der Waals surface area contributed by atoms with Gasteiger partial charge in [0.25, 0.3) is 0 Å². The van der Waals surface area contributed by atoms with Crippen LogP contribution in [0.4, 0.5) is 0 Å². The zero-order chi connectivity index (χ0) is 11.5. The first-order chi connectivity index (χ1) is 7.70.